The van der Waals surface area contributed by atoms with Gasteiger partial charge in [0.25, 0.3) is 0 Å². The van der Waals surface area contributed by atoms with Crippen LogP contribution in [0.25, 0.3) is 11.0 Å². The van der Waals surface area contributed by atoms with E-state index in [4.69, 9.17) is 4.42 Å². The molecule has 1 aromatic carbocycles. The van der Waals surface area contributed by atoms with E-state index in [1.54, 1.807) is 24.3 Å². The van der Waals surface area contributed by atoms with Crippen molar-refractivity contribution in [3.05, 3.63) is 40.2 Å². The lowest BCUT2D eigenvalue weighted by molar-refractivity contribution is -0.124. The number of para-hydroxylation sites is 1. The van der Waals surface area contributed by atoms with E-state index in [1.807, 2.05) is 0 Å². The predicted octanol–water partition coefficient (Wildman–Crippen LogP) is 3.97. The molecule has 3 rings (SSSR count). The van der Waals surface area contributed by atoms with Crippen molar-refractivity contribution in [2.75, 3.05) is 0 Å². The first-order chi connectivity index (χ1) is 11.2. The van der Waals surface area contributed by atoms with Crippen molar-refractivity contribution in [2.45, 2.75) is 51.4 Å². The molecule has 0 aliphatic heterocycles. The summed E-state index contributed by atoms with van der Waals surface area (Å²) in [4.78, 5) is 23.8. The summed E-state index contributed by atoms with van der Waals surface area (Å²) >= 11 is 0. The highest BCUT2D eigenvalue weighted by atomic mass is 16.4. The second-order valence-corrected chi connectivity index (χ2v) is 6.37. The molecule has 0 unspecified atom stereocenters. The van der Waals surface area contributed by atoms with Crippen LogP contribution in [0, 0.1) is 5.92 Å². The van der Waals surface area contributed by atoms with Gasteiger partial charge in [0, 0.05) is 12.3 Å². The molecule has 0 amide bonds. The molecule has 122 valence electrons. The third-order valence-corrected chi connectivity index (χ3v) is 4.79. The molecule has 1 saturated carbocycles. The molecule has 0 bridgehead atoms. The molecule has 1 aliphatic carbocycles. The Morgan fingerprint density at radius 2 is 1.96 bits per heavy atom. The second-order valence-electron chi connectivity index (χ2n) is 6.37. The number of carbonyl (C=O) groups excluding carboxylic acids is 1. The summed E-state index contributed by atoms with van der Waals surface area (Å²) in [5.74, 6) is 0.625. The van der Waals surface area contributed by atoms with Crippen LogP contribution in [0.5, 0.6) is 5.75 Å². The van der Waals surface area contributed by atoms with E-state index in [0.29, 0.717) is 28.7 Å². The highest BCUT2D eigenvalue weighted by Gasteiger charge is 2.21. The van der Waals surface area contributed by atoms with Crippen LogP contribution in [0.1, 0.15) is 50.5 Å². The van der Waals surface area contributed by atoms with Crippen LogP contribution in [0.2, 0.25) is 0 Å². The Hall–Kier alpha value is -2.10. The molecule has 2 aromatic rings. The monoisotopic (exact) mass is 314 g/mol. The first kappa shape index (κ1) is 15.8. The average molecular weight is 314 g/mol. The predicted molar refractivity (Wildman–Crippen MR) is 88.7 cm³/mol. The van der Waals surface area contributed by atoms with Gasteiger partial charge in [-0.05, 0) is 44.2 Å². The van der Waals surface area contributed by atoms with E-state index in [2.05, 4.69) is 0 Å². The maximum absolute atomic E-state index is 12.0. The number of benzene rings is 1. The molecule has 1 aromatic heterocycles. The fourth-order valence-corrected chi connectivity index (χ4v) is 3.45. The first-order valence-electron chi connectivity index (χ1n) is 8.43. The lowest BCUT2D eigenvalue weighted by Crippen LogP contribution is -2.18. The summed E-state index contributed by atoms with van der Waals surface area (Å²) in [6.07, 6.45) is 6.94. The Morgan fingerprint density at radius 1 is 1.13 bits per heavy atom. The zero-order valence-corrected chi connectivity index (χ0v) is 13.2. The number of hydrogen-bond donors (Lipinski definition) is 1. The van der Waals surface area contributed by atoms with Crippen molar-refractivity contribution in [1.29, 1.82) is 0 Å². The summed E-state index contributed by atoms with van der Waals surface area (Å²) in [6, 6.07) is 7.00. The lowest BCUT2D eigenvalue weighted by Gasteiger charge is -2.20. The summed E-state index contributed by atoms with van der Waals surface area (Å²) < 4.78 is 5.27. The minimum Gasteiger partial charge on any atom is -0.507 e. The van der Waals surface area contributed by atoms with Crippen LogP contribution < -0.4 is 5.63 Å². The maximum Gasteiger partial charge on any atom is 0.343 e. The van der Waals surface area contributed by atoms with Crippen LogP contribution in [0.15, 0.2) is 33.5 Å². The van der Waals surface area contributed by atoms with Gasteiger partial charge in [-0.1, -0.05) is 25.0 Å². The van der Waals surface area contributed by atoms with E-state index < -0.39 is 5.63 Å². The minimum absolute atomic E-state index is 0.0330. The van der Waals surface area contributed by atoms with Gasteiger partial charge in [0.1, 0.15) is 17.1 Å². The van der Waals surface area contributed by atoms with Gasteiger partial charge < -0.3 is 9.52 Å². The van der Waals surface area contributed by atoms with Gasteiger partial charge in [-0.15, -0.1) is 0 Å². The smallest absolute Gasteiger partial charge is 0.343 e. The van der Waals surface area contributed by atoms with E-state index >= 15 is 0 Å². The standard InChI is InChI=1S/C19H22O4/c20-16-11-5-2-8-13(16)7-1-3-10-15-18(21)14-9-4-6-12-17(14)23-19(15)22/h4,6,9,12-13,21H,1-3,5,7-8,10-11H2/t13-/m0/s1. The van der Waals surface area contributed by atoms with Crippen LogP contribution >= 0.6 is 0 Å². The Morgan fingerprint density at radius 3 is 2.78 bits per heavy atom. The van der Waals surface area contributed by atoms with E-state index in [-0.39, 0.29) is 11.7 Å². The fourth-order valence-electron chi connectivity index (χ4n) is 3.45. The SMILES string of the molecule is O=C1CCCC[C@@H]1CCCCc1c(O)c2ccccc2oc1=O. The van der Waals surface area contributed by atoms with Crippen LogP contribution in [0.4, 0.5) is 0 Å². The highest BCUT2D eigenvalue weighted by molar-refractivity contribution is 5.84. The minimum atomic E-state index is -0.463. The quantitative estimate of drug-likeness (QED) is 0.670. The van der Waals surface area contributed by atoms with Gasteiger partial charge in [0.05, 0.1) is 10.9 Å². The number of Topliss-reactive ketones (excluding diaryl/α,β-unsaturated/α-hetero) is 1. The van der Waals surface area contributed by atoms with E-state index in [1.165, 1.54) is 0 Å². The number of unbranched alkanes of at least 4 members (excludes halogenated alkanes) is 1. The van der Waals surface area contributed by atoms with Crippen molar-refractivity contribution in [3.63, 3.8) is 0 Å². The molecule has 0 radical (unpaired) electrons. The number of fused-ring (bicyclic) bond motifs is 1. The zero-order chi connectivity index (χ0) is 16.2. The number of aromatic hydroxyl groups is 1. The number of rotatable bonds is 5. The molecule has 23 heavy (non-hydrogen) atoms. The molecule has 1 fully saturated rings. The number of carbonyl (C=O) groups is 1. The third-order valence-electron chi connectivity index (χ3n) is 4.79. The summed E-state index contributed by atoms with van der Waals surface area (Å²) in [5.41, 5.74) is 0.292. The molecule has 4 heteroatoms. The Bertz CT molecular complexity index is 760. The summed E-state index contributed by atoms with van der Waals surface area (Å²) in [7, 11) is 0. The molecule has 0 saturated heterocycles. The number of ketones is 1. The Balaban J connectivity index is 1.63. The third kappa shape index (κ3) is 3.46. The Kier molecular flexibility index (Phi) is 4.79. The molecule has 1 heterocycles. The summed E-state index contributed by atoms with van der Waals surface area (Å²) in [6.45, 7) is 0. The van der Waals surface area contributed by atoms with Crippen molar-refractivity contribution in [3.8, 4) is 5.75 Å². The van der Waals surface area contributed by atoms with Gasteiger partial charge >= 0.3 is 5.63 Å². The molecule has 1 atom stereocenters. The fraction of sp³-hybridized carbons (Fsp3) is 0.474. The lowest BCUT2D eigenvalue weighted by atomic mass is 9.84. The van der Waals surface area contributed by atoms with Gasteiger partial charge in [-0.2, -0.15) is 0 Å². The second kappa shape index (κ2) is 6.99. The first-order valence-corrected chi connectivity index (χ1v) is 8.43. The van der Waals surface area contributed by atoms with Crippen LogP contribution in [-0.4, -0.2) is 10.9 Å². The maximum atomic E-state index is 12.0. The molecule has 1 aliphatic rings. The van der Waals surface area contributed by atoms with Crippen molar-refractivity contribution >= 4 is 16.8 Å². The number of hydrogen-bond acceptors (Lipinski definition) is 4. The highest BCUT2D eigenvalue weighted by Crippen LogP contribution is 2.28. The van der Waals surface area contributed by atoms with Crippen molar-refractivity contribution in [2.24, 2.45) is 5.92 Å². The van der Waals surface area contributed by atoms with E-state index in [9.17, 15) is 14.7 Å². The molecular weight excluding hydrogens is 292 g/mol. The van der Waals surface area contributed by atoms with Crippen LogP contribution in [-0.2, 0) is 11.2 Å². The topological polar surface area (TPSA) is 67.5 Å². The Labute approximate surface area is 135 Å². The largest absolute Gasteiger partial charge is 0.507 e. The zero-order valence-electron chi connectivity index (χ0n) is 13.2. The van der Waals surface area contributed by atoms with Crippen molar-refractivity contribution < 1.29 is 14.3 Å². The van der Waals surface area contributed by atoms with E-state index in [0.717, 1.165) is 44.9 Å². The molecule has 0 spiro atoms. The normalized spacial score (nSPS) is 18.4. The summed E-state index contributed by atoms with van der Waals surface area (Å²) in [5, 5.41) is 10.9. The van der Waals surface area contributed by atoms with Gasteiger partial charge in [-0.3, -0.25) is 4.79 Å². The van der Waals surface area contributed by atoms with Crippen LogP contribution in [0.3, 0.4) is 0 Å². The molecular formula is C19H22O4. The molecule has 1 N–H and O–H groups in total. The average Bonchev–Trinajstić information content (AvgIpc) is 2.55. The van der Waals surface area contributed by atoms with Crippen molar-refractivity contribution in [1.82, 2.24) is 0 Å². The van der Waals surface area contributed by atoms with Gasteiger partial charge in [0.15, 0.2) is 0 Å². The van der Waals surface area contributed by atoms with Gasteiger partial charge in [-0.25, -0.2) is 4.79 Å². The van der Waals surface area contributed by atoms with Gasteiger partial charge in [0.2, 0.25) is 0 Å². The molecule has 4 nitrogen and oxygen atoms in total.